The number of aryl methyl sites for hydroxylation is 1. The molecule has 0 aromatic heterocycles. The summed E-state index contributed by atoms with van der Waals surface area (Å²) in [5.41, 5.74) is 0.403. The van der Waals surface area contributed by atoms with Crippen molar-refractivity contribution >= 4 is 10.0 Å². The van der Waals surface area contributed by atoms with Gasteiger partial charge in [-0.2, -0.15) is 4.31 Å². The molecule has 1 fully saturated rings. The van der Waals surface area contributed by atoms with Crippen LogP contribution >= 0.6 is 0 Å². The molecule has 1 unspecified atom stereocenters. The summed E-state index contributed by atoms with van der Waals surface area (Å²) < 4.78 is 32.4. The fourth-order valence-electron chi connectivity index (χ4n) is 2.52. The highest BCUT2D eigenvalue weighted by Gasteiger charge is 2.37. The van der Waals surface area contributed by atoms with E-state index in [4.69, 9.17) is 4.74 Å². The third-order valence-corrected chi connectivity index (χ3v) is 5.83. The zero-order chi connectivity index (χ0) is 14.1. The molecule has 0 radical (unpaired) electrons. The van der Waals surface area contributed by atoms with E-state index in [1.165, 1.54) is 0 Å². The third-order valence-electron chi connectivity index (χ3n) is 3.83. The summed E-state index contributed by atoms with van der Waals surface area (Å²) in [5.74, 6) is 0. The molecule has 1 atom stereocenters. The fourth-order valence-corrected chi connectivity index (χ4v) is 4.33. The Morgan fingerprint density at radius 3 is 2.63 bits per heavy atom. The molecular formula is C14H21NO3S. The van der Waals surface area contributed by atoms with Crippen LogP contribution in [0, 0.1) is 6.92 Å². The monoisotopic (exact) mass is 283 g/mol. The summed E-state index contributed by atoms with van der Waals surface area (Å²) in [6, 6.07) is 7.11. The number of ether oxygens (including phenoxy) is 1. The number of methoxy groups -OCH3 is 1. The van der Waals surface area contributed by atoms with Crippen molar-refractivity contribution < 1.29 is 13.2 Å². The van der Waals surface area contributed by atoms with E-state index in [1.54, 1.807) is 23.5 Å². The van der Waals surface area contributed by atoms with Crippen molar-refractivity contribution in [2.24, 2.45) is 0 Å². The quantitative estimate of drug-likeness (QED) is 0.854. The van der Waals surface area contributed by atoms with Crippen molar-refractivity contribution in [3.05, 3.63) is 29.8 Å². The average molecular weight is 283 g/mol. The Morgan fingerprint density at radius 2 is 2.00 bits per heavy atom. The second kappa shape index (κ2) is 5.23. The summed E-state index contributed by atoms with van der Waals surface area (Å²) in [6.45, 7) is 4.77. The second-order valence-corrected chi connectivity index (χ2v) is 7.27. The Bertz CT molecular complexity index is 556. The normalized spacial score (nSPS) is 25.4. The van der Waals surface area contributed by atoms with Crippen LogP contribution in [0.3, 0.4) is 0 Å². The minimum absolute atomic E-state index is 0.381. The number of piperidine rings is 1. The van der Waals surface area contributed by atoms with Gasteiger partial charge in [0.2, 0.25) is 10.0 Å². The predicted molar refractivity (Wildman–Crippen MR) is 74.6 cm³/mol. The average Bonchev–Trinajstić information content (AvgIpc) is 2.39. The van der Waals surface area contributed by atoms with Gasteiger partial charge in [0.1, 0.15) is 0 Å². The van der Waals surface area contributed by atoms with Gasteiger partial charge in [-0.15, -0.1) is 0 Å². The number of rotatable bonds is 3. The van der Waals surface area contributed by atoms with Gasteiger partial charge in [-0.25, -0.2) is 8.42 Å². The molecule has 1 aliphatic heterocycles. The molecule has 1 aromatic carbocycles. The van der Waals surface area contributed by atoms with Crippen LogP contribution in [0.2, 0.25) is 0 Å². The Kier molecular flexibility index (Phi) is 3.99. The first-order valence-electron chi connectivity index (χ1n) is 6.50. The molecule has 0 aliphatic carbocycles. The van der Waals surface area contributed by atoms with E-state index in [-0.39, 0.29) is 5.60 Å². The largest absolute Gasteiger partial charge is 0.377 e. The standard InChI is InChI=1S/C14H21NO3S/c1-12-7-4-5-8-13(12)19(16,17)15-10-6-9-14(2,11-15)18-3/h4-5,7-8H,6,9-11H2,1-3H3. The molecule has 0 spiro atoms. The van der Waals surface area contributed by atoms with Crippen molar-refractivity contribution in [1.82, 2.24) is 4.31 Å². The van der Waals surface area contributed by atoms with Gasteiger partial charge in [0.05, 0.1) is 10.5 Å². The molecule has 0 saturated carbocycles. The van der Waals surface area contributed by atoms with Crippen LogP contribution in [0.4, 0.5) is 0 Å². The highest BCUT2D eigenvalue weighted by Crippen LogP contribution is 2.29. The molecule has 1 aromatic rings. The number of hydrogen-bond acceptors (Lipinski definition) is 3. The van der Waals surface area contributed by atoms with Crippen LogP contribution in [0.5, 0.6) is 0 Å². The lowest BCUT2D eigenvalue weighted by atomic mass is 9.96. The molecule has 0 amide bonds. The number of nitrogens with zero attached hydrogens (tertiary/aromatic N) is 1. The Labute approximate surface area is 115 Å². The van der Waals surface area contributed by atoms with E-state index < -0.39 is 10.0 Å². The van der Waals surface area contributed by atoms with Crippen LogP contribution in [-0.2, 0) is 14.8 Å². The van der Waals surface area contributed by atoms with Gasteiger partial charge in [-0.3, -0.25) is 0 Å². The van der Waals surface area contributed by atoms with Gasteiger partial charge < -0.3 is 4.74 Å². The van der Waals surface area contributed by atoms with Crippen molar-refractivity contribution in [2.45, 2.75) is 37.2 Å². The maximum Gasteiger partial charge on any atom is 0.243 e. The van der Waals surface area contributed by atoms with Crippen molar-refractivity contribution in [1.29, 1.82) is 0 Å². The first kappa shape index (κ1) is 14.5. The lowest BCUT2D eigenvalue weighted by molar-refractivity contribution is -0.0319. The summed E-state index contributed by atoms with van der Waals surface area (Å²) in [4.78, 5) is 0.398. The Hall–Kier alpha value is -0.910. The van der Waals surface area contributed by atoms with Crippen LogP contribution in [-0.4, -0.2) is 38.5 Å². The number of sulfonamides is 1. The van der Waals surface area contributed by atoms with Crippen molar-refractivity contribution in [3.63, 3.8) is 0 Å². The van der Waals surface area contributed by atoms with Gasteiger partial charge in [0, 0.05) is 20.2 Å². The summed E-state index contributed by atoms with van der Waals surface area (Å²) in [6.07, 6.45) is 1.72. The highest BCUT2D eigenvalue weighted by atomic mass is 32.2. The van der Waals surface area contributed by atoms with E-state index in [9.17, 15) is 8.42 Å². The lowest BCUT2D eigenvalue weighted by Gasteiger charge is -2.38. The smallest absolute Gasteiger partial charge is 0.243 e. The minimum Gasteiger partial charge on any atom is -0.377 e. The van der Waals surface area contributed by atoms with Gasteiger partial charge in [0.25, 0.3) is 0 Å². The molecule has 2 rings (SSSR count). The molecule has 1 heterocycles. The summed E-state index contributed by atoms with van der Waals surface area (Å²) >= 11 is 0. The third kappa shape index (κ3) is 2.83. The van der Waals surface area contributed by atoms with Crippen LogP contribution in [0.1, 0.15) is 25.3 Å². The zero-order valence-electron chi connectivity index (χ0n) is 11.7. The first-order chi connectivity index (χ1) is 8.89. The van der Waals surface area contributed by atoms with Crippen LogP contribution in [0.15, 0.2) is 29.2 Å². The van der Waals surface area contributed by atoms with Gasteiger partial charge in [-0.05, 0) is 38.3 Å². The fraction of sp³-hybridized carbons (Fsp3) is 0.571. The molecular weight excluding hydrogens is 262 g/mol. The van der Waals surface area contributed by atoms with Gasteiger partial charge in [0.15, 0.2) is 0 Å². The first-order valence-corrected chi connectivity index (χ1v) is 7.94. The zero-order valence-corrected chi connectivity index (χ0v) is 12.5. The highest BCUT2D eigenvalue weighted by molar-refractivity contribution is 7.89. The molecule has 5 heteroatoms. The van der Waals surface area contributed by atoms with E-state index >= 15 is 0 Å². The maximum absolute atomic E-state index is 12.7. The molecule has 0 bridgehead atoms. The van der Waals surface area contributed by atoms with E-state index in [1.807, 2.05) is 26.0 Å². The van der Waals surface area contributed by atoms with Gasteiger partial charge in [-0.1, -0.05) is 18.2 Å². The lowest BCUT2D eigenvalue weighted by Crippen LogP contribution is -2.49. The molecule has 19 heavy (non-hydrogen) atoms. The number of hydrogen-bond donors (Lipinski definition) is 0. The SMILES string of the molecule is COC1(C)CCCN(S(=O)(=O)c2ccccc2C)C1. The van der Waals surface area contributed by atoms with Crippen LogP contribution < -0.4 is 0 Å². The molecule has 1 saturated heterocycles. The topological polar surface area (TPSA) is 46.6 Å². The summed E-state index contributed by atoms with van der Waals surface area (Å²) in [7, 11) is -1.78. The summed E-state index contributed by atoms with van der Waals surface area (Å²) in [5, 5.41) is 0. The minimum atomic E-state index is -3.42. The molecule has 1 aliphatic rings. The maximum atomic E-state index is 12.7. The second-order valence-electron chi connectivity index (χ2n) is 5.36. The van der Waals surface area contributed by atoms with E-state index in [0.717, 1.165) is 18.4 Å². The Balaban J connectivity index is 2.33. The van der Waals surface area contributed by atoms with Crippen molar-refractivity contribution in [2.75, 3.05) is 20.2 Å². The number of benzene rings is 1. The van der Waals surface area contributed by atoms with E-state index in [2.05, 4.69) is 0 Å². The molecule has 0 N–H and O–H groups in total. The molecule has 106 valence electrons. The molecule has 4 nitrogen and oxygen atoms in total. The Morgan fingerprint density at radius 1 is 1.32 bits per heavy atom. The van der Waals surface area contributed by atoms with Crippen molar-refractivity contribution in [3.8, 4) is 0 Å². The van der Waals surface area contributed by atoms with E-state index in [0.29, 0.717) is 18.0 Å². The predicted octanol–water partition coefficient (Wildman–Crippen LogP) is 2.18. The van der Waals surface area contributed by atoms with Crippen LogP contribution in [0.25, 0.3) is 0 Å². The van der Waals surface area contributed by atoms with Gasteiger partial charge >= 0.3 is 0 Å².